The van der Waals surface area contributed by atoms with E-state index in [0.717, 1.165) is 17.8 Å². The fourth-order valence-electron chi connectivity index (χ4n) is 1.29. The van der Waals surface area contributed by atoms with Gasteiger partial charge in [0, 0.05) is 4.90 Å². The lowest BCUT2D eigenvalue weighted by Crippen LogP contribution is -2.17. The van der Waals surface area contributed by atoms with Crippen molar-refractivity contribution in [3.8, 4) is 5.75 Å². The number of ketones is 1. The Balaban J connectivity index is 3.07. The molecule has 1 rings (SSSR count). The van der Waals surface area contributed by atoms with Gasteiger partial charge in [0.2, 0.25) is 0 Å². The van der Waals surface area contributed by atoms with Gasteiger partial charge in [-0.2, -0.15) is 0 Å². The first-order valence-electron chi connectivity index (χ1n) is 4.83. The molecule has 0 aliphatic rings. The molecule has 0 aromatic heterocycles. The molecule has 0 fully saturated rings. The van der Waals surface area contributed by atoms with Crippen LogP contribution in [0.15, 0.2) is 23.1 Å². The molecule has 7 heteroatoms. The van der Waals surface area contributed by atoms with Crippen LogP contribution in [0.3, 0.4) is 0 Å². The van der Waals surface area contributed by atoms with Crippen LogP contribution in [0, 0.1) is 0 Å². The van der Waals surface area contributed by atoms with Gasteiger partial charge in [-0.25, -0.2) is 0 Å². The predicted molar refractivity (Wildman–Crippen MR) is 64.2 cm³/mol. The van der Waals surface area contributed by atoms with Gasteiger partial charge in [-0.15, -0.1) is 36.5 Å². The highest BCUT2D eigenvalue weighted by molar-refractivity contribution is 7.98. The molecule has 0 saturated heterocycles. The van der Waals surface area contributed by atoms with E-state index in [1.807, 2.05) is 0 Å². The van der Waals surface area contributed by atoms with Crippen molar-refractivity contribution in [2.24, 2.45) is 0 Å². The first-order valence-corrected chi connectivity index (χ1v) is 6.49. The molecule has 0 aliphatic heterocycles. The van der Waals surface area contributed by atoms with Gasteiger partial charge in [0.25, 0.3) is 0 Å². The molecule has 100 valence electrons. The number of benzene rings is 1. The molecule has 18 heavy (non-hydrogen) atoms. The molecular formula is C11H10ClF3O2S. The number of carbonyl (C=O) groups is 1. The van der Waals surface area contributed by atoms with Gasteiger partial charge in [0.1, 0.15) is 11.1 Å². The maximum absolute atomic E-state index is 12.1. The van der Waals surface area contributed by atoms with E-state index >= 15 is 0 Å². The summed E-state index contributed by atoms with van der Waals surface area (Å²) >= 11 is 6.92. The number of ether oxygens (including phenoxy) is 1. The minimum atomic E-state index is -4.74. The van der Waals surface area contributed by atoms with Gasteiger partial charge in [0.05, 0.1) is 0 Å². The van der Waals surface area contributed by atoms with Gasteiger partial charge in [-0.05, 0) is 30.9 Å². The van der Waals surface area contributed by atoms with Crippen LogP contribution in [0.4, 0.5) is 13.2 Å². The molecular weight excluding hydrogens is 289 g/mol. The van der Waals surface area contributed by atoms with E-state index in [-0.39, 0.29) is 16.4 Å². The van der Waals surface area contributed by atoms with Crippen LogP contribution in [-0.4, -0.2) is 18.4 Å². The predicted octanol–water partition coefficient (Wildman–Crippen LogP) is 4.18. The maximum Gasteiger partial charge on any atom is 0.573 e. The molecule has 0 amide bonds. The lowest BCUT2D eigenvalue weighted by atomic mass is 10.1. The zero-order valence-electron chi connectivity index (χ0n) is 9.55. The van der Waals surface area contributed by atoms with Crippen molar-refractivity contribution in [3.63, 3.8) is 0 Å². The van der Waals surface area contributed by atoms with Gasteiger partial charge in [-0.1, -0.05) is 6.07 Å². The molecule has 0 saturated carbocycles. The average Bonchev–Trinajstić information content (AvgIpc) is 2.26. The van der Waals surface area contributed by atoms with Crippen LogP contribution in [0.5, 0.6) is 5.75 Å². The molecule has 1 atom stereocenters. The number of carbonyl (C=O) groups excluding carboxylic acids is 1. The Labute approximate surface area is 111 Å². The van der Waals surface area contributed by atoms with Gasteiger partial charge < -0.3 is 4.74 Å². The zero-order valence-corrected chi connectivity index (χ0v) is 11.1. The van der Waals surface area contributed by atoms with E-state index in [2.05, 4.69) is 4.74 Å². The Morgan fingerprint density at radius 3 is 2.50 bits per heavy atom. The molecule has 0 radical (unpaired) electrons. The normalized spacial score (nSPS) is 13.2. The molecule has 1 aromatic carbocycles. The number of Topliss-reactive ketones (excluding diaryl/α,β-unsaturated/α-hetero) is 1. The molecule has 0 spiro atoms. The van der Waals surface area contributed by atoms with Crippen molar-refractivity contribution in [1.82, 2.24) is 0 Å². The third kappa shape index (κ3) is 4.10. The Hall–Kier alpha value is -0.880. The van der Waals surface area contributed by atoms with Crippen molar-refractivity contribution in [2.75, 3.05) is 6.26 Å². The number of halogens is 4. The van der Waals surface area contributed by atoms with Crippen molar-refractivity contribution in [3.05, 3.63) is 23.8 Å². The average molecular weight is 299 g/mol. The van der Waals surface area contributed by atoms with Crippen LogP contribution in [-0.2, 0) is 4.79 Å². The molecule has 0 heterocycles. The summed E-state index contributed by atoms with van der Waals surface area (Å²) in [5.41, 5.74) is 0.447. The lowest BCUT2D eigenvalue weighted by Gasteiger charge is -2.14. The second kappa shape index (κ2) is 5.84. The topological polar surface area (TPSA) is 26.3 Å². The number of alkyl halides is 4. The maximum atomic E-state index is 12.1. The molecule has 0 bridgehead atoms. The molecule has 2 nitrogen and oxygen atoms in total. The van der Waals surface area contributed by atoms with E-state index < -0.39 is 11.7 Å². The third-order valence-corrected chi connectivity index (χ3v) is 3.38. The fraction of sp³-hybridized carbons (Fsp3) is 0.364. The molecule has 1 aromatic rings. The number of rotatable bonds is 4. The van der Waals surface area contributed by atoms with Crippen molar-refractivity contribution >= 4 is 29.1 Å². The Bertz CT molecular complexity index is 448. The summed E-state index contributed by atoms with van der Waals surface area (Å²) in [6.07, 6.45) is -3.13. The highest BCUT2D eigenvalue weighted by Crippen LogP contribution is 2.35. The van der Waals surface area contributed by atoms with E-state index in [1.54, 1.807) is 6.26 Å². The van der Waals surface area contributed by atoms with Crippen molar-refractivity contribution < 1.29 is 22.7 Å². The van der Waals surface area contributed by atoms with Gasteiger partial charge in [-0.3, -0.25) is 4.79 Å². The number of thioether (sulfide) groups is 1. The van der Waals surface area contributed by atoms with E-state index in [1.165, 1.54) is 19.1 Å². The molecule has 0 aliphatic carbocycles. The standard InChI is InChI=1S/C11H10ClF3O2S/c1-6(16)10(12)7-3-4-8(9(5-7)18-2)17-11(13,14)15/h3-5,10H,1-2H3. The zero-order chi connectivity index (χ0) is 13.9. The SMILES string of the molecule is CSc1cc(C(Cl)C(C)=O)ccc1OC(F)(F)F. The van der Waals surface area contributed by atoms with Gasteiger partial charge in [0.15, 0.2) is 5.78 Å². The first-order chi connectivity index (χ1) is 8.24. The minimum absolute atomic E-state index is 0.270. The number of hydrogen-bond acceptors (Lipinski definition) is 3. The fourth-order valence-corrected chi connectivity index (χ4v) is 1.99. The largest absolute Gasteiger partial charge is 0.573 e. The summed E-state index contributed by atoms with van der Waals surface area (Å²) in [6, 6.07) is 3.93. The summed E-state index contributed by atoms with van der Waals surface area (Å²) in [4.78, 5) is 11.4. The van der Waals surface area contributed by atoms with Crippen LogP contribution >= 0.6 is 23.4 Å². The third-order valence-electron chi connectivity index (χ3n) is 2.06. The van der Waals surface area contributed by atoms with Crippen LogP contribution in [0.1, 0.15) is 17.9 Å². The Morgan fingerprint density at radius 2 is 2.06 bits per heavy atom. The summed E-state index contributed by atoms with van der Waals surface area (Å²) < 4.78 is 40.3. The van der Waals surface area contributed by atoms with Crippen molar-refractivity contribution in [1.29, 1.82) is 0 Å². The van der Waals surface area contributed by atoms with Crippen LogP contribution in [0.25, 0.3) is 0 Å². The lowest BCUT2D eigenvalue weighted by molar-refractivity contribution is -0.275. The second-order valence-electron chi connectivity index (χ2n) is 3.43. The van der Waals surface area contributed by atoms with Crippen LogP contribution < -0.4 is 4.74 Å². The van der Waals surface area contributed by atoms with E-state index in [4.69, 9.17) is 11.6 Å². The molecule has 0 N–H and O–H groups in total. The van der Waals surface area contributed by atoms with E-state index in [0.29, 0.717) is 5.56 Å². The minimum Gasteiger partial charge on any atom is -0.405 e. The van der Waals surface area contributed by atoms with Crippen LogP contribution in [0.2, 0.25) is 0 Å². The quantitative estimate of drug-likeness (QED) is 0.616. The summed E-state index contributed by atoms with van der Waals surface area (Å²) in [6.45, 7) is 1.32. The second-order valence-corrected chi connectivity index (χ2v) is 4.72. The smallest absolute Gasteiger partial charge is 0.405 e. The Morgan fingerprint density at radius 1 is 1.44 bits per heavy atom. The summed E-state index contributed by atoms with van der Waals surface area (Å²) in [5.74, 6) is -0.570. The summed E-state index contributed by atoms with van der Waals surface area (Å²) in [5, 5.41) is -0.865. The Kier molecular flexibility index (Phi) is 4.92. The highest BCUT2D eigenvalue weighted by atomic mass is 35.5. The summed E-state index contributed by atoms with van der Waals surface area (Å²) in [7, 11) is 0. The van der Waals surface area contributed by atoms with Gasteiger partial charge >= 0.3 is 6.36 Å². The molecule has 1 unspecified atom stereocenters. The monoisotopic (exact) mass is 298 g/mol. The van der Waals surface area contributed by atoms with Crippen molar-refractivity contribution in [2.45, 2.75) is 23.6 Å². The highest BCUT2D eigenvalue weighted by Gasteiger charge is 2.32. The van der Waals surface area contributed by atoms with E-state index in [9.17, 15) is 18.0 Å². The first kappa shape index (κ1) is 15.2. The number of hydrogen-bond donors (Lipinski definition) is 0.